The van der Waals surface area contributed by atoms with Crippen LogP contribution in [0.2, 0.25) is 0 Å². The van der Waals surface area contributed by atoms with Crippen molar-refractivity contribution < 1.29 is 9.53 Å². The van der Waals surface area contributed by atoms with Gasteiger partial charge in [-0.2, -0.15) is 0 Å². The Hall–Kier alpha value is -0.410. The number of hydrogen-bond donors (Lipinski definition) is 1. The Morgan fingerprint density at radius 3 is 2.45 bits per heavy atom. The van der Waals surface area contributed by atoms with E-state index < -0.39 is 0 Å². The summed E-state index contributed by atoms with van der Waals surface area (Å²) in [7, 11) is 0. The lowest BCUT2D eigenvalue weighted by atomic mass is 10.1. The number of hydrogen-bond acceptors (Lipinski definition) is 3. The molecule has 11 heavy (non-hydrogen) atoms. The molecular weight excluding hydrogens is 142 g/mol. The zero-order valence-corrected chi connectivity index (χ0v) is 7.52. The van der Waals surface area contributed by atoms with Crippen LogP contribution in [0.5, 0.6) is 0 Å². The fourth-order valence-electron chi connectivity index (χ4n) is 0.551. The Kier molecular flexibility index (Phi) is 4.30. The van der Waals surface area contributed by atoms with Crippen LogP contribution in [-0.4, -0.2) is 24.5 Å². The van der Waals surface area contributed by atoms with E-state index in [1.165, 1.54) is 0 Å². The molecule has 0 unspecified atom stereocenters. The van der Waals surface area contributed by atoms with Gasteiger partial charge in [0.05, 0.1) is 13.2 Å². The van der Waals surface area contributed by atoms with E-state index in [1.54, 1.807) is 6.92 Å². The molecule has 3 heteroatoms. The van der Waals surface area contributed by atoms with Gasteiger partial charge in [0.25, 0.3) is 0 Å². The molecule has 0 aliphatic heterocycles. The molecule has 0 atom stereocenters. The van der Waals surface area contributed by atoms with E-state index in [-0.39, 0.29) is 11.3 Å². The Labute approximate surface area is 67.9 Å². The molecule has 0 saturated heterocycles. The molecule has 0 fully saturated rings. The first-order chi connectivity index (χ1) is 4.92. The molecule has 0 aromatic carbocycles. The lowest BCUT2D eigenvalue weighted by molar-refractivity contribution is -0.118. The fraction of sp³-hybridized carbons (Fsp3) is 0.875. The van der Waals surface area contributed by atoms with Crippen LogP contribution in [0.3, 0.4) is 0 Å². The monoisotopic (exact) mass is 159 g/mol. The van der Waals surface area contributed by atoms with Gasteiger partial charge < -0.3 is 10.5 Å². The van der Waals surface area contributed by atoms with Gasteiger partial charge in [0.15, 0.2) is 0 Å². The third kappa shape index (κ3) is 9.59. The topological polar surface area (TPSA) is 52.3 Å². The molecule has 0 saturated carbocycles. The Balaban J connectivity index is 3.22. The lowest BCUT2D eigenvalue weighted by Crippen LogP contribution is -2.37. The molecule has 2 N–H and O–H groups in total. The van der Waals surface area contributed by atoms with Crippen LogP contribution in [0.1, 0.15) is 27.2 Å². The van der Waals surface area contributed by atoms with Crippen LogP contribution < -0.4 is 5.73 Å². The summed E-state index contributed by atoms with van der Waals surface area (Å²) in [6, 6.07) is 0. The van der Waals surface area contributed by atoms with Crippen molar-refractivity contribution in [2.45, 2.75) is 32.7 Å². The maximum atomic E-state index is 10.5. The fourth-order valence-corrected chi connectivity index (χ4v) is 0.551. The summed E-state index contributed by atoms with van der Waals surface area (Å²) < 4.78 is 5.16. The van der Waals surface area contributed by atoms with Gasteiger partial charge in [-0.25, -0.2) is 0 Å². The predicted molar refractivity (Wildman–Crippen MR) is 44.4 cm³/mol. The second-order valence-corrected chi connectivity index (χ2v) is 3.49. The van der Waals surface area contributed by atoms with Crippen molar-refractivity contribution in [1.29, 1.82) is 0 Å². The Morgan fingerprint density at radius 1 is 1.55 bits per heavy atom. The summed E-state index contributed by atoms with van der Waals surface area (Å²) in [5, 5.41) is 0. The van der Waals surface area contributed by atoms with Gasteiger partial charge in [-0.05, 0) is 20.8 Å². The minimum Gasteiger partial charge on any atom is -0.379 e. The zero-order valence-electron chi connectivity index (χ0n) is 7.52. The van der Waals surface area contributed by atoms with E-state index in [2.05, 4.69) is 0 Å². The molecule has 0 aliphatic carbocycles. The van der Waals surface area contributed by atoms with Gasteiger partial charge in [-0.3, -0.25) is 4.79 Å². The minimum atomic E-state index is -0.295. The zero-order chi connectivity index (χ0) is 8.91. The third-order valence-electron chi connectivity index (χ3n) is 1.07. The molecule has 0 amide bonds. The number of Topliss-reactive ketones (excluding diaryl/α,β-unsaturated/α-hetero) is 1. The van der Waals surface area contributed by atoms with Crippen LogP contribution in [0, 0.1) is 0 Å². The van der Waals surface area contributed by atoms with E-state index >= 15 is 0 Å². The molecule has 0 aliphatic rings. The summed E-state index contributed by atoms with van der Waals surface area (Å²) in [6.45, 7) is 6.31. The number of nitrogens with two attached hydrogens (primary N) is 1. The van der Waals surface area contributed by atoms with Crippen molar-refractivity contribution in [1.82, 2.24) is 0 Å². The predicted octanol–water partition coefficient (Wildman–Crippen LogP) is 0.719. The molecule has 0 rings (SSSR count). The third-order valence-corrected chi connectivity index (χ3v) is 1.07. The largest absolute Gasteiger partial charge is 0.379 e. The van der Waals surface area contributed by atoms with Crippen LogP contribution in [-0.2, 0) is 9.53 Å². The second kappa shape index (κ2) is 4.46. The van der Waals surface area contributed by atoms with Gasteiger partial charge >= 0.3 is 0 Å². The lowest BCUT2D eigenvalue weighted by Gasteiger charge is -2.17. The van der Waals surface area contributed by atoms with Crippen molar-refractivity contribution in [3.63, 3.8) is 0 Å². The maximum absolute atomic E-state index is 10.5. The van der Waals surface area contributed by atoms with Crippen molar-refractivity contribution in [3.05, 3.63) is 0 Å². The van der Waals surface area contributed by atoms with Crippen molar-refractivity contribution in [2.24, 2.45) is 5.73 Å². The SMILES string of the molecule is CC(=O)CCOCC(C)(C)N. The molecule has 0 bridgehead atoms. The smallest absolute Gasteiger partial charge is 0.132 e. The standard InChI is InChI=1S/C8H17NO2/c1-7(10)4-5-11-6-8(2,3)9/h4-6,9H2,1-3H3. The van der Waals surface area contributed by atoms with Gasteiger partial charge in [-0.15, -0.1) is 0 Å². The summed E-state index contributed by atoms with van der Waals surface area (Å²) >= 11 is 0. The first-order valence-corrected chi connectivity index (χ1v) is 3.78. The number of carbonyl (C=O) groups excluding carboxylic acids is 1. The quantitative estimate of drug-likeness (QED) is 0.601. The first-order valence-electron chi connectivity index (χ1n) is 3.78. The molecule has 0 aromatic heterocycles. The van der Waals surface area contributed by atoms with Crippen LogP contribution in [0.15, 0.2) is 0 Å². The van der Waals surface area contributed by atoms with Gasteiger partial charge in [0.1, 0.15) is 5.78 Å². The van der Waals surface area contributed by atoms with Gasteiger partial charge in [0.2, 0.25) is 0 Å². The first kappa shape index (κ1) is 10.6. The number of ether oxygens (including phenoxy) is 1. The minimum absolute atomic E-state index is 0.153. The van der Waals surface area contributed by atoms with E-state index in [0.717, 1.165) is 0 Å². The van der Waals surface area contributed by atoms with E-state index in [1.807, 2.05) is 13.8 Å². The van der Waals surface area contributed by atoms with Crippen molar-refractivity contribution in [2.75, 3.05) is 13.2 Å². The average molecular weight is 159 g/mol. The molecule has 3 nitrogen and oxygen atoms in total. The normalized spacial score (nSPS) is 11.6. The highest BCUT2D eigenvalue weighted by Crippen LogP contribution is 1.97. The molecular formula is C8H17NO2. The summed E-state index contributed by atoms with van der Waals surface area (Å²) in [5.74, 6) is 0.153. The Morgan fingerprint density at radius 2 is 2.09 bits per heavy atom. The summed E-state index contributed by atoms with van der Waals surface area (Å²) in [5.41, 5.74) is 5.35. The highest BCUT2D eigenvalue weighted by Gasteiger charge is 2.09. The van der Waals surface area contributed by atoms with Crippen molar-refractivity contribution in [3.8, 4) is 0 Å². The molecule has 0 heterocycles. The maximum Gasteiger partial charge on any atom is 0.132 e. The number of ketones is 1. The summed E-state index contributed by atoms with van der Waals surface area (Å²) in [4.78, 5) is 10.5. The van der Waals surface area contributed by atoms with Crippen LogP contribution in [0.4, 0.5) is 0 Å². The van der Waals surface area contributed by atoms with Crippen molar-refractivity contribution >= 4 is 5.78 Å². The highest BCUT2D eigenvalue weighted by atomic mass is 16.5. The van der Waals surface area contributed by atoms with Gasteiger partial charge in [-0.1, -0.05) is 0 Å². The van der Waals surface area contributed by atoms with E-state index in [4.69, 9.17) is 10.5 Å². The molecule has 0 aromatic rings. The average Bonchev–Trinajstić information content (AvgIpc) is 1.78. The molecule has 0 spiro atoms. The summed E-state index contributed by atoms with van der Waals surface area (Å²) in [6.07, 6.45) is 0.482. The number of carbonyl (C=O) groups is 1. The Bertz CT molecular complexity index is 127. The van der Waals surface area contributed by atoms with Gasteiger partial charge in [0, 0.05) is 12.0 Å². The van der Waals surface area contributed by atoms with Crippen LogP contribution >= 0.6 is 0 Å². The van der Waals surface area contributed by atoms with E-state index in [9.17, 15) is 4.79 Å². The highest BCUT2D eigenvalue weighted by molar-refractivity contribution is 5.75. The molecule has 66 valence electrons. The van der Waals surface area contributed by atoms with Crippen LogP contribution in [0.25, 0.3) is 0 Å². The number of rotatable bonds is 5. The van der Waals surface area contributed by atoms with E-state index in [0.29, 0.717) is 19.6 Å². The second-order valence-electron chi connectivity index (χ2n) is 3.49. The molecule has 0 radical (unpaired) electrons.